The molecule has 0 aromatic carbocycles. The van der Waals surface area contributed by atoms with E-state index in [-0.39, 0.29) is 23.8 Å². The molecule has 1 N–H and O–H groups in total. The molecule has 0 aromatic heterocycles. The van der Waals surface area contributed by atoms with Crippen molar-refractivity contribution in [1.29, 1.82) is 0 Å². The number of amides is 4. The van der Waals surface area contributed by atoms with E-state index in [0.717, 1.165) is 42.0 Å². The van der Waals surface area contributed by atoms with Crippen LogP contribution >= 0.6 is 0 Å². The van der Waals surface area contributed by atoms with Crippen LogP contribution in [0.5, 0.6) is 0 Å². The van der Waals surface area contributed by atoms with Crippen molar-refractivity contribution in [2.24, 2.45) is 23.2 Å². The molecule has 1 spiro atoms. The van der Waals surface area contributed by atoms with Crippen molar-refractivity contribution in [3.63, 3.8) is 0 Å². The monoisotopic (exact) mass is 373 g/mol. The van der Waals surface area contributed by atoms with Crippen molar-refractivity contribution in [3.8, 4) is 0 Å². The van der Waals surface area contributed by atoms with Gasteiger partial charge >= 0.3 is 6.03 Å². The largest absolute Gasteiger partial charge is 0.344 e. The highest BCUT2D eigenvalue weighted by Gasteiger charge is 2.54. The number of hydrogen-bond donors (Lipinski definition) is 1. The third-order valence-corrected chi connectivity index (χ3v) is 8.16. The van der Waals surface area contributed by atoms with E-state index in [2.05, 4.69) is 5.32 Å². The van der Waals surface area contributed by atoms with Gasteiger partial charge in [-0.25, -0.2) is 4.79 Å². The van der Waals surface area contributed by atoms with Crippen LogP contribution in [0.4, 0.5) is 4.79 Å². The zero-order chi connectivity index (χ0) is 18.8. The molecule has 4 amide bonds. The Morgan fingerprint density at radius 1 is 1.07 bits per heavy atom. The number of imide groups is 1. The Labute approximate surface area is 161 Å². The number of rotatable bonds is 4. The maximum atomic E-state index is 12.9. The molecule has 6 heteroatoms. The number of carbonyl (C=O) groups excluding carboxylic acids is 3. The van der Waals surface area contributed by atoms with Gasteiger partial charge in [0.25, 0.3) is 5.91 Å². The molecule has 1 aliphatic heterocycles. The Morgan fingerprint density at radius 3 is 2.19 bits per heavy atom. The van der Waals surface area contributed by atoms with Gasteiger partial charge in [-0.15, -0.1) is 0 Å². The first kappa shape index (κ1) is 17.5. The summed E-state index contributed by atoms with van der Waals surface area (Å²) in [4.78, 5) is 40.9. The maximum Gasteiger partial charge on any atom is 0.325 e. The van der Waals surface area contributed by atoms with Crippen LogP contribution in [-0.4, -0.2) is 53.3 Å². The summed E-state index contributed by atoms with van der Waals surface area (Å²) < 4.78 is 0. The van der Waals surface area contributed by atoms with E-state index in [1.807, 2.05) is 7.05 Å². The molecule has 0 atom stereocenters. The fourth-order valence-electron chi connectivity index (χ4n) is 7.47. The lowest BCUT2D eigenvalue weighted by Crippen LogP contribution is -2.52. The molecule has 0 aromatic rings. The predicted molar refractivity (Wildman–Crippen MR) is 99.7 cm³/mol. The molecule has 1 heterocycles. The Hall–Kier alpha value is -1.59. The van der Waals surface area contributed by atoms with Gasteiger partial charge in [-0.2, -0.15) is 0 Å². The summed E-state index contributed by atoms with van der Waals surface area (Å²) in [5.74, 6) is 2.26. The second-order valence-electron chi connectivity index (χ2n) is 10.3. The molecule has 5 saturated carbocycles. The fourth-order valence-corrected chi connectivity index (χ4v) is 7.47. The summed E-state index contributed by atoms with van der Waals surface area (Å²) in [5.41, 5.74) is -0.445. The lowest BCUT2D eigenvalue weighted by molar-refractivity contribution is -0.141. The van der Waals surface area contributed by atoms with Gasteiger partial charge in [-0.1, -0.05) is 12.8 Å². The van der Waals surface area contributed by atoms with E-state index >= 15 is 0 Å². The number of urea groups is 1. The van der Waals surface area contributed by atoms with E-state index < -0.39 is 11.6 Å². The van der Waals surface area contributed by atoms with E-state index in [0.29, 0.717) is 12.8 Å². The molecule has 6 nitrogen and oxygen atoms in total. The topological polar surface area (TPSA) is 69.7 Å². The quantitative estimate of drug-likeness (QED) is 0.770. The highest BCUT2D eigenvalue weighted by Crippen LogP contribution is 2.60. The first-order valence-electron chi connectivity index (χ1n) is 10.8. The van der Waals surface area contributed by atoms with Crippen LogP contribution < -0.4 is 5.32 Å². The van der Waals surface area contributed by atoms with Gasteiger partial charge in [0.05, 0.1) is 0 Å². The Balaban J connectivity index is 1.24. The van der Waals surface area contributed by atoms with E-state index in [9.17, 15) is 14.4 Å². The van der Waals surface area contributed by atoms with Crippen LogP contribution in [-0.2, 0) is 9.59 Å². The number of nitrogens with zero attached hydrogens (tertiary/aromatic N) is 2. The fraction of sp³-hybridized carbons (Fsp3) is 0.857. The zero-order valence-corrected chi connectivity index (χ0v) is 16.3. The summed E-state index contributed by atoms with van der Waals surface area (Å²) in [7, 11) is 1.85. The summed E-state index contributed by atoms with van der Waals surface area (Å²) in [5, 5.41) is 2.87. The van der Waals surface area contributed by atoms with Crippen LogP contribution in [0.15, 0.2) is 0 Å². The standard InChI is InChI=1S/C21H31N3O3/c1-23(13-20-9-14-6-15(10-20)8-16(7-14)11-20)17(25)12-24-18(26)21(22-19(24)27)4-2-3-5-21/h14-16H,2-13H2,1H3,(H,22,27). The lowest BCUT2D eigenvalue weighted by atomic mass is 9.49. The minimum absolute atomic E-state index is 0.107. The number of nitrogens with one attached hydrogen (secondary N) is 1. The molecule has 27 heavy (non-hydrogen) atoms. The molecular formula is C21H31N3O3. The van der Waals surface area contributed by atoms with Gasteiger partial charge in [0.1, 0.15) is 12.1 Å². The third kappa shape index (κ3) is 2.78. The van der Waals surface area contributed by atoms with Crippen molar-refractivity contribution in [1.82, 2.24) is 15.1 Å². The minimum atomic E-state index is -0.726. The average Bonchev–Trinajstić information content (AvgIpc) is 3.14. The zero-order valence-electron chi connectivity index (χ0n) is 16.3. The lowest BCUT2D eigenvalue weighted by Gasteiger charge is -2.57. The molecular weight excluding hydrogens is 342 g/mol. The third-order valence-electron chi connectivity index (χ3n) is 8.16. The smallest absolute Gasteiger partial charge is 0.325 e. The summed E-state index contributed by atoms with van der Waals surface area (Å²) in [6.45, 7) is 0.666. The van der Waals surface area contributed by atoms with Crippen LogP contribution in [0.2, 0.25) is 0 Å². The molecule has 5 aliphatic carbocycles. The van der Waals surface area contributed by atoms with E-state index in [1.54, 1.807) is 4.90 Å². The van der Waals surface area contributed by atoms with Crippen molar-refractivity contribution >= 4 is 17.8 Å². The molecule has 0 radical (unpaired) electrons. The summed E-state index contributed by atoms with van der Waals surface area (Å²) in [6, 6.07) is -0.390. The molecule has 0 unspecified atom stereocenters. The van der Waals surface area contributed by atoms with Crippen molar-refractivity contribution in [2.45, 2.75) is 69.7 Å². The van der Waals surface area contributed by atoms with E-state index in [1.165, 1.54) is 38.5 Å². The van der Waals surface area contributed by atoms with Crippen molar-refractivity contribution in [3.05, 3.63) is 0 Å². The van der Waals surface area contributed by atoms with Crippen LogP contribution in [0.1, 0.15) is 64.2 Å². The van der Waals surface area contributed by atoms with Crippen molar-refractivity contribution in [2.75, 3.05) is 20.1 Å². The highest BCUT2D eigenvalue weighted by molar-refractivity contribution is 6.09. The van der Waals surface area contributed by atoms with Crippen molar-refractivity contribution < 1.29 is 14.4 Å². The number of likely N-dealkylation sites (N-methyl/N-ethyl adjacent to an activating group) is 1. The Morgan fingerprint density at radius 2 is 1.63 bits per heavy atom. The first-order chi connectivity index (χ1) is 12.9. The van der Waals surface area contributed by atoms with Crippen LogP contribution in [0.25, 0.3) is 0 Å². The minimum Gasteiger partial charge on any atom is -0.344 e. The Kier molecular flexibility index (Phi) is 3.86. The predicted octanol–water partition coefficient (Wildman–Crippen LogP) is 2.53. The van der Waals surface area contributed by atoms with Gasteiger partial charge < -0.3 is 10.2 Å². The van der Waals surface area contributed by atoms with Gasteiger partial charge in [-0.05, 0) is 74.5 Å². The molecule has 1 saturated heterocycles. The van der Waals surface area contributed by atoms with Gasteiger partial charge in [0.15, 0.2) is 0 Å². The van der Waals surface area contributed by atoms with Crippen LogP contribution in [0.3, 0.4) is 0 Å². The van der Waals surface area contributed by atoms with Crippen LogP contribution in [0, 0.1) is 23.2 Å². The molecule has 148 valence electrons. The maximum absolute atomic E-state index is 12.9. The number of hydrogen-bond acceptors (Lipinski definition) is 3. The van der Waals surface area contributed by atoms with Gasteiger partial charge in [0, 0.05) is 13.6 Å². The normalized spacial score (nSPS) is 38.7. The number of carbonyl (C=O) groups is 3. The van der Waals surface area contributed by atoms with Gasteiger partial charge in [0.2, 0.25) is 5.91 Å². The summed E-state index contributed by atoms with van der Waals surface area (Å²) in [6.07, 6.45) is 11.2. The second-order valence-corrected chi connectivity index (χ2v) is 10.3. The summed E-state index contributed by atoms with van der Waals surface area (Å²) >= 11 is 0. The van der Waals surface area contributed by atoms with Gasteiger partial charge in [-0.3, -0.25) is 14.5 Å². The average molecular weight is 373 g/mol. The molecule has 6 aliphatic rings. The van der Waals surface area contributed by atoms with E-state index in [4.69, 9.17) is 0 Å². The molecule has 6 fully saturated rings. The SMILES string of the molecule is CN(CC12CC3CC(CC(C3)C1)C2)C(=O)CN1C(=O)NC2(CCCC2)C1=O. The highest BCUT2D eigenvalue weighted by atomic mass is 16.2. The second kappa shape index (κ2) is 5.95. The first-order valence-corrected chi connectivity index (χ1v) is 10.8. The Bertz CT molecular complexity index is 647. The molecule has 4 bridgehead atoms. The molecule has 6 rings (SSSR count).